The molecule has 0 fully saturated rings. The number of nitrogens with zero attached hydrogens (tertiary/aromatic N) is 3. The number of aryl methyl sites for hydroxylation is 1. The van der Waals surface area contributed by atoms with Crippen LogP contribution in [-0.4, -0.2) is 40.7 Å². The minimum absolute atomic E-state index is 0.0334. The fourth-order valence-corrected chi connectivity index (χ4v) is 4.81. The van der Waals surface area contributed by atoms with Crippen LogP contribution >= 0.6 is 0 Å². The zero-order chi connectivity index (χ0) is 25.7. The van der Waals surface area contributed by atoms with Gasteiger partial charge in [-0.3, -0.25) is 4.79 Å². The largest absolute Gasteiger partial charge is 0.493 e. The van der Waals surface area contributed by atoms with Crippen LogP contribution in [-0.2, 0) is 17.6 Å². The number of allylic oxidation sites excluding steroid dienone is 1. The number of carbonyl (C=O) groups is 1. The van der Waals surface area contributed by atoms with Crippen molar-refractivity contribution in [1.29, 1.82) is 0 Å². The Labute approximate surface area is 212 Å². The predicted molar refractivity (Wildman–Crippen MR) is 141 cm³/mol. The van der Waals surface area contributed by atoms with Crippen LogP contribution in [0.4, 0.5) is 5.82 Å². The fraction of sp³-hybridized carbons (Fsp3) is 0.414. The van der Waals surface area contributed by atoms with E-state index in [1.54, 1.807) is 0 Å². The Morgan fingerprint density at radius 3 is 2.75 bits per heavy atom. The number of aliphatic carboxylic acids is 1. The molecule has 190 valence electrons. The number of aromatic nitrogens is 2. The summed E-state index contributed by atoms with van der Waals surface area (Å²) in [5, 5.41) is 9.12. The lowest BCUT2D eigenvalue weighted by atomic mass is 9.79. The van der Waals surface area contributed by atoms with Crippen LogP contribution in [0.15, 0.2) is 47.0 Å². The molecule has 0 bridgehead atoms. The molecule has 0 saturated heterocycles. The number of anilines is 1. The minimum atomic E-state index is -0.813. The second kappa shape index (κ2) is 11.4. The summed E-state index contributed by atoms with van der Waals surface area (Å²) in [4.78, 5) is 22.6. The maximum atomic E-state index is 11.1. The number of carboxylic acid groups (broad SMARTS) is 1. The monoisotopic (exact) mass is 489 g/mol. The van der Waals surface area contributed by atoms with Crippen LogP contribution < -0.4 is 9.64 Å². The van der Waals surface area contributed by atoms with E-state index >= 15 is 0 Å². The normalized spacial score (nSPS) is 16.1. The maximum Gasteiger partial charge on any atom is 0.307 e. The molecule has 2 aromatic heterocycles. The summed E-state index contributed by atoms with van der Waals surface area (Å²) >= 11 is 0. The molecule has 1 aliphatic rings. The van der Waals surface area contributed by atoms with Crippen LogP contribution in [0.25, 0.3) is 17.0 Å². The smallest absolute Gasteiger partial charge is 0.307 e. The molecule has 0 aliphatic heterocycles. The molecule has 7 heteroatoms. The van der Waals surface area contributed by atoms with Crippen LogP contribution in [0.2, 0.25) is 0 Å². The zero-order valence-corrected chi connectivity index (χ0v) is 21.6. The van der Waals surface area contributed by atoms with E-state index in [1.807, 2.05) is 43.5 Å². The van der Waals surface area contributed by atoms with Gasteiger partial charge in [-0.05, 0) is 68.9 Å². The van der Waals surface area contributed by atoms with Gasteiger partial charge < -0.3 is 19.2 Å². The van der Waals surface area contributed by atoms with E-state index in [2.05, 4.69) is 36.7 Å². The molecule has 0 saturated carbocycles. The summed E-state index contributed by atoms with van der Waals surface area (Å²) < 4.78 is 12.2. The Hall–Kier alpha value is -3.61. The first-order valence-corrected chi connectivity index (χ1v) is 12.8. The first-order chi connectivity index (χ1) is 17.4. The van der Waals surface area contributed by atoms with E-state index in [-0.39, 0.29) is 6.42 Å². The number of benzene rings is 1. The minimum Gasteiger partial charge on any atom is -0.493 e. The third kappa shape index (κ3) is 5.61. The summed E-state index contributed by atoms with van der Waals surface area (Å²) in [6.07, 6.45) is 6.21. The Bertz CT molecular complexity index is 1230. The lowest BCUT2D eigenvalue weighted by Gasteiger charge is -2.27. The number of ether oxygens (including phenoxy) is 1. The van der Waals surface area contributed by atoms with Gasteiger partial charge >= 0.3 is 5.97 Å². The van der Waals surface area contributed by atoms with E-state index in [0.717, 1.165) is 71.2 Å². The molecule has 1 aromatic carbocycles. The molecule has 36 heavy (non-hydrogen) atoms. The van der Waals surface area contributed by atoms with Crippen molar-refractivity contribution in [3.8, 4) is 17.2 Å². The zero-order valence-electron chi connectivity index (χ0n) is 21.6. The molecule has 1 N–H and O–H groups in total. The average molecular weight is 490 g/mol. The highest BCUT2D eigenvalue weighted by Gasteiger charge is 2.23. The molecule has 7 nitrogen and oxygen atoms in total. The van der Waals surface area contributed by atoms with E-state index in [1.165, 1.54) is 0 Å². The third-order valence-electron chi connectivity index (χ3n) is 6.87. The molecule has 0 amide bonds. The molecule has 0 radical (unpaired) electrons. The van der Waals surface area contributed by atoms with Gasteiger partial charge in [0.2, 0.25) is 5.89 Å². The molecule has 2 heterocycles. The number of hydrogen-bond donors (Lipinski definition) is 1. The molecule has 1 atom stereocenters. The lowest BCUT2D eigenvalue weighted by molar-refractivity contribution is -0.136. The van der Waals surface area contributed by atoms with Gasteiger partial charge in [-0.25, -0.2) is 9.97 Å². The Morgan fingerprint density at radius 2 is 2.06 bits per heavy atom. The van der Waals surface area contributed by atoms with Crippen molar-refractivity contribution < 1.29 is 19.1 Å². The number of oxazole rings is 1. The van der Waals surface area contributed by atoms with Crippen molar-refractivity contribution in [2.24, 2.45) is 5.92 Å². The van der Waals surface area contributed by atoms with Crippen molar-refractivity contribution in [2.45, 2.75) is 53.4 Å². The first-order valence-electron chi connectivity index (χ1n) is 12.8. The number of rotatable bonds is 10. The van der Waals surface area contributed by atoms with E-state index in [0.29, 0.717) is 24.8 Å². The van der Waals surface area contributed by atoms with Gasteiger partial charge in [0.05, 0.1) is 24.3 Å². The summed E-state index contributed by atoms with van der Waals surface area (Å²) in [5.41, 5.74) is 5.09. The second-order valence-electron chi connectivity index (χ2n) is 9.18. The van der Waals surface area contributed by atoms with Gasteiger partial charge in [0, 0.05) is 31.3 Å². The number of fused-ring (bicyclic) bond motifs is 1. The van der Waals surface area contributed by atoms with Crippen molar-refractivity contribution >= 4 is 17.4 Å². The van der Waals surface area contributed by atoms with Gasteiger partial charge in [0.1, 0.15) is 17.3 Å². The van der Waals surface area contributed by atoms with Gasteiger partial charge in [-0.1, -0.05) is 25.1 Å². The number of hydrogen-bond acceptors (Lipinski definition) is 6. The predicted octanol–water partition coefficient (Wildman–Crippen LogP) is 5.95. The molecule has 0 spiro atoms. The third-order valence-corrected chi connectivity index (χ3v) is 6.87. The quantitative estimate of drug-likeness (QED) is 0.376. The summed E-state index contributed by atoms with van der Waals surface area (Å²) in [6, 6.07) is 10.0. The van der Waals surface area contributed by atoms with Crippen LogP contribution in [0.5, 0.6) is 5.75 Å². The van der Waals surface area contributed by atoms with E-state index in [4.69, 9.17) is 19.2 Å². The van der Waals surface area contributed by atoms with Gasteiger partial charge in [-0.15, -0.1) is 0 Å². The van der Waals surface area contributed by atoms with Crippen LogP contribution in [0.1, 0.15) is 56.2 Å². The molecule has 1 aliphatic carbocycles. The van der Waals surface area contributed by atoms with Crippen molar-refractivity contribution in [2.75, 3.05) is 24.6 Å². The summed E-state index contributed by atoms with van der Waals surface area (Å²) in [5.74, 6) is 2.68. The summed E-state index contributed by atoms with van der Waals surface area (Å²) in [6.45, 7) is 10.6. The molecular formula is C29H35N3O4. The van der Waals surface area contributed by atoms with Crippen molar-refractivity contribution in [3.63, 3.8) is 0 Å². The Kier molecular flexibility index (Phi) is 8.08. The standard InChI is InChI=1S/C29H35N3O4/c1-5-32(6-2)27-14-11-21(18-30-27)29-31-25(20(4)36-29)16-17-35-26-9-7-8-23-22(13-15-28(33)34)19(3)10-12-24(23)26/h7-9,11,13-14,18-19H,5-6,10,12,15-17H2,1-4H3,(H,33,34)/b22-13-. The van der Waals surface area contributed by atoms with E-state index in [9.17, 15) is 4.79 Å². The number of pyridine rings is 1. The second-order valence-corrected chi connectivity index (χ2v) is 9.18. The Morgan fingerprint density at radius 1 is 1.25 bits per heavy atom. The topological polar surface area (TPSA) is 88.7 Å². The van der Waals surface area contributed by atoms with Gasteiger partial charge in [0.25, 0.3) is 0 Å². The van der Waals surface area contributed by atoms with E-state index < -0.39 is 5.97 Å². The van der Waals surface area contributed by atoms with Crippen LogP contribution in [0, 0.1) is 12.8 Å². The van der Waals surface area contributed by atoms with Crippen molar-refractivity contribution in [3.05, 3.63) is 65.2 Å². The summed E-state index contributed by atoms with van der Waals surface area (Å²) in [7, 11) is 0. The molecular weight excluding hydrogens is 454 g/mol. The SMILES string of the molecule is CCN(CC)c1ccc(-c2nc(CCOc3cccc4c3CCC(C)/C4=C/CC(=O)O)c(C)o2)cn1. The van der Waals surface area contributed by atoms with Crippen molar-refractivity contribution in [1.82, 2.24) is 9.97 Å². The average Bonchev–Trinajstić information content (AvgIpc) is 3.24. The fourth-order valence-electron chi connectivity index (χ4n) is 4.81. The molecule has 1 unspecified atom stereocenters. The highest BCUT2D eigenvalue weighted by Crippen LogP contribution is 2.39. The maximum absolute atomic E-state index is 11.1. The highest BCUT2D eigenvalue weighted by molar-refractivity contribution is 5.77. The van der Waals surface area contributed by atoms with Gasteiger partial charge in [-0.2, -0.15) is 0 Å². The first kappa shape index (κ1) is 25.5. The number of carboxylic acids is 1. The molecule has 4 rings (SSSR count). The lowest BCUT2D eigenvalue weighted by Crippen LogP contribution is -2.22. The van der Waals surface area contributed by atoms with Gasteiger partial charge in [0.15, 0.2) is 0 Å². The van der Waals surface area contributed by atoms with Crippen LogP contribution in [0.3, 0.4) is 0 Å². The molecule has 3 aromatic rings. The Balaban J connectivity index is 1.44. The highest BCUT2D eigenvalue weighted by atomic mass is 16.5.